The molecule has 0 aliphatic rings. The second-order valence-electron chi connectivity index (χ2n) is 1.15. The molecule has 0 aromatic rings. The number of hydrogen-bond donors (Lipinski definition) is 2. The second-order valence-corrected chi connectivity index (χ2v) is 2.80. The van der Waals surface area contributed by atoms with E-state index in [2.05, 4.69) is 5.14 Å². The van der Waals surface area contributed by atoms with E-state index in [1.54, 1.807) is 6.92 Å². The summed E-state index contributed by atoms with van der Waals surface area (Å²) in [6, 6.07) is 0. The zero-order chi connectivity index (χ0) is 7.21. The van der Waals surface area contributed by atoms with Crippen LogP contribution in [-0.2, 0) is 10.0 Å². The van der Waals surface area contributed by atoms with Crippen LogP contribution in [0.25, 0.3) is 0 Å². The lowest BCUT2D eigenvalue weighted by atomic mass is 10.9. The normalized spacial score (nSPS) is 9.50. The smallest absolute Gasteiger partial charge is 0.206 e. The minimum absolute atomic E-state index is 0.250. The molecule has 0 rings (SSSR count). The van der Waals surface area contributed by atoms with Gasteiger partial charge in [0, 0.05) is 6.61 Å². The van der Waals surface area contributed by atoms with Crippen molar-refractivity contribution in [3.63, 3.8) is 0 Å². The number of aliphatic hydroxyl groups is 1. The zero-order valence-corrected chi connectivity index (χ0v) is 5.77. The molecule has 0 spiro atoms. The summed E-state index contributed by atoms with van der Waals surface area (Å²) < 4.78 is 18.8. The molecular formula is C3H11NO3S. The van der Waals surface area contributed by atoms with Crippen LogP contribution in [-0.4, -0.2) is 26.4 Å². The molecule has 0 radical (unpaired) electrons. The molecule has 0 atom stereocenters. The first-order chi connectivity index (χ1) is 3.41. The Morgan fingerprint density at radius 2 is 1.62 bits per heavy atom. The lowest BCUT2D eigenvalue weighted by molar-refractivity contribution is 0.318. The minimum Gasteiger partial charge on any atom is -0.397 e. The van der Waals surface area contributed by atoms with Crippen LogP contribution in [0, 0.1) is 0 Å². The summed E-state index contributed by atoms with van der Waals surface area (Å²) in [5.41, 5.74) is 0. The van der Waals surface area contributed by atoms with E-state index < -0.39 is 10.0 Å². The SMILES string of the molecule is CCO.CS(N)(=O)=O. The molecule has 0 fully saturated rings. The predicted octanol–water partition coefficient (Wildman–Crippen LogP) is -1.10. The monoisotopic (exact) mass is 141 g/mol. The molecule has 0 heterocycles. The summed E-state index contributed by atoms with van der Waals surface area (Å²) in [5.74, 6) is 0. The summed E-state index contributed by atoms with van der Waals surface area (Å²) in [6.45, 7) is 1.93. The van der Waals surface area contributed by atoms with Crippen LogP contribution in [0.15, 0.2) is 0 Å². The van der Waals surface area contributed by atoms with Gasteiger partial charge in [0.25, 0.3) is 0 Å². The first-order valence-corrected chi connectivity index (χ1v) is 3.96. The average molecular weight is 141 g/mol. The lowest BCUT2D eigenvalue weighted by Crippen LogP contribution is -2.07. The highest BCUT2D eigenvalue weighted by atomic mass is 32.2. The quantitative estimate of drug-likeness (QED) is 0.449. The molecule has 0 saturated carbocycles. The van der Waals surface area contributed by atoms with Crippen LogP contribution in [0.4, 0.5) is 0 Å². The van der Waals surface area contributed by atoms with Crippen molar-refractivity contribution >= 4 is 10.0 Å². The van der Waals surface area contributed by atoms with Gasteiger partial charge in [-0.1, -0.05) is 0 Å². The number of nitrogens with two attached hydrogens (primary N) is 1. The van der Waals surface area contributed by atoms with E-state index in [1.807, 2.05) is 0 Å². The van der Waals surface area contributed by atoms with Crippen LogP contribution >= 0.6 is 0 Å². The number of hydrogen-bond acceptors (Lipinski definition) is 3. The fraction of sp³-hybridized carbons (Fsp3) is 1.00. The molecule has 3 N–H and O–H groups in total. The average Bonchev–Trinajstić information content (AvgIpc) is 1.27. The molecule has 0 bridgehead atoms. The van der Waals surface area contributed by atoms with Gasteiger partial charge in [-0.2, -0.15) is 0 Å². The van der Waals surface area contributed by atoms with E-state index in [0.717, 1.165) is 6.26 Å². The third kappa shape index (κ3) is 8240. The highest BCUT2D eigenvalue weighted by molar-refractivity contribution is 7.88. The molecule has 4 nitrogen and oxygen atoms in total. The Morgan fingerprint density at radius 3 is 1.62 bits per heavy atom. The fourth-order valence-corrected chi connectivity index (χ4v) is 0. The van der Waals surface area contributed by atoms with E-state index in [-0.39, 0.29) is 6.61 Å². The molecule has 52 valence electrons. The number of aliphatic hydroxyl groups excluding tert-OH is 1. The van der Waals surface area contributed by atoms with Crippen LogP contribution in [0.1, 0.15) is 6.92 Å². The summed E-state index contributed by atoms with van der Waals surface area (Å²) >= 11 is 0. The van der Waals surface area contributed by atoms with Crippen molar-refractivity contribution in [1.82, 2.24) is 0 Å². The fourth-order valence-electron chi connectivity index (χ4n) is 0. The van der Waals surface area contributed by atoms with Gasteiger partial charge in [0.05, 0.1) is 6.26 Å². The van der Waals surface area contributed by atoms with Crippen molar-refractivity contribution in [2.75, 3.05) is 12.9 Å². The molecule has 8 heavy (non-hydrogen) atoms. The molecule has 0 aliphatic carbocycles. The van der Waals surface area contributed by atoms with Crippen LogP contribution in [0.3, 0.4) is 0 Å². The van der Waals surface area contributed by atoms with E-state index in [9.17, 15) is 8.42 Å². The van der Waals surface area contributed by atoms with Gasteiger partial charge in [-0.25, -0.2) is 13.6 Å². The largest absolute Gasteiger partial charge is 0.397 e. The van der Waals surface area contributed by atoms with Crippen LogP contribution in [0.5, 0.6) is 0 Å². The van der Waals surface area contributed by atoms with Crippen molar-refractivity contribution in [3.05, 3.63) is 0 Å². The van der Waals surface area contributed by atoms with E-state index in [4.69, 9.17) is 5.11 Å². The summed E-state index contributed by atoms with van der Waals surface area (Å²) in [6.07, 6.45) is 0.938. The van der Waals surface area contributed by atoms with Gasteiger partial charge < -0.3 is 5.11 Å². The molecule has 5 heteroatoms. The zero-order valence-electron chi connectivity index (χ0n) is 4.96. The van der Waals surface area contributed by atoms with Gasteiger partial charge in [-0.05, 0) is 6.92 Å². The minimum atomic E-state index is -3.17. The molecule has 0 saturated heterocycles. The van der Waals surface area contributed by atoms with Crippen LogP contribution < -0.4 is 5.14 Å². The van der Waals surface area contributed by atoms with Gasteiger partial charge in [0.2, 0.25) is 10.0 Å². The Balaban J connectivity index is 0. The molecule has 0 aromatic carbocycles. The second kappa shape index (κ2) is 5.02. The third-order valence-corrected chi connectivity index (χ3v) is 0. The number of primary sulfonamides is 1. The lowest BCUT2D eigenvalue weighted by Gasteiger charge is -1.71. The Bertz CT molecular complexity index is 108. The first-order valence-electron chi connectivity index (χ1n) is 2.00. The summed E-state index contributed by atoms with van der Waals surface area (Å²) in [4.78, 5) is 0. The highest BCUT2D eigenvalue weighted by Gasteiger charge is 1.78. The van der Waals surface area contributed by atoms with E-state index in [0.29, 0.717) is 0 Å². The maximum atomic E-state index is 9.41. The highest BCUT2D eigenvalue weighted by Crippen LogP contribution is 1.52. The maximum Gasteiger partial charge on any atom is 0.206 e. The molecule has 0 amide bonds. The summed E-state index contributed by atoms with van der Waals surface area (Å²) in [7, 11) is -3.17. The Hall–Kier alpha value is -0.130. The van der Waals surface area contributed by atoms with E-state index >= 15 is 0 Å². The van der Waals surface area contributed by atoms with E-state index in [1.165, 1.54) is 0 Å². The van der Waals surface area contributed by atoms with Crippen LogP contribution in [0.2, 0.25) is 0 Å². The Kier molecular flexibility index (Phi) is 6.76. The van der Waals surface area contributed by atoms with Gasteiger partial charge in [0.1, 0.15) is 0 Å². The molecule has 0 aromatic heterocycles. The molecular weight excluding hydrogens is 130 g/mol. The predicted molar refractivity (Wildman–Crippen MR) is 31.8 cm³/mol. The Morgan fingerprint density at radius 1 is 1.62 bits per heavy atom. The third-order valence-electron chi connectivity index (χ3n) is 0. The van der Waals surface area contributed by atoms with Crippen molar-refractivity contribution in [2.24, 2.45) is 5.14 Å². The Labute approximate surface area is 49.4 Å². The molecule has 0 unspecified atom stereocenters. The van der Waals surface area contributed by atoms with Gasteiger partial charge in [0.15, 0.2) is 0 Å². The van der Waals surface area contributed by atoms with Crippen molar-refractivity contribution in [1.29, 1.82) is 0 Å². The maximum absolute atomic E-state index is 9.41. The van der Waals surface area contributed by atoms with Crippen molar-refractivity contribution in [3.8, 4) is 0 Å². The van der Waals surface area contributed by atoms with Crippen molar-refractivity contribution in [2.45, 2.75) is 6.92 Å². The van der Waals surface area contributed by atoms with Gasteiger partial charge in [-0.15, -0.1) is 0 Å². The standard InChI is InChI=1S/C2H6O.CH5NO2S/c1-2-3;1-5(2,3)4/h3H,2H2,1H3;1H3,(H2,2,3,4). The first kappa shape index (κ1) is 10.8. The number of sulfonamides is 1. The topological polar surface area (TPSA) is 80.4 Å². The number of rotatable bonds is 0. The summed E-state index contributed by atoms with van der Waals surface area (Å²) in [5, 5.41) is 11.9. The van der Waals surface area contributed by atoms with Gasteiger partial charge in [-0.3, -0.25) is 0 Å². The van der Waals surface area contributed by atoms with Crippen molar-refractivity contribution < 1.29 is 13.5 Å². The van der Waals surface area contributed by atoms with Gasteiger partial charge >= 0.3 is 0 Å². The molecule has 0 aliphatic heterocycles.